The van der Waals surface area contributed by atoms with Gasteiger partial charge >= 0.3 is 5.97 Å². The van der Waals surface area contributed by atoms with Crippen LogP contribution in [0, 0.1) is 0 Å². The maximum atomic E-state index is 13.1. The molecule has 2 atom stereocenters. The summed E-state index contributed by atoms with van der Waals surface area (Å²) in [5.74, 6) is 0.572. The number of hydrogen-bond acceptors (Lipinski definition) is 4. The van der Waals surface area contributed by atoms with Gasteiger partial charge in [-0.05, 0) is 37.6 Å². The maximum absolute atomic E-state index is 13.1. The first-order valence-corrected chi connectivity index (χ1v) is 9.36. The first-order valence-electron chi connectivity index (χ1n) is 9.36. The molecule has 0 radical (unpaired) electrons. The summed E-state index contributed by atoms with van der Waals surface area (Å²) in [5, 5.41) is 0. The second-order valence-electron chi connectivity index (χ2n) is 7.21. The molecule has 4 nitrogen and oxygen atoms in total. The molecule has 0 amide bonds. The summed E-state index contributed by atoms with van der Waals surface area (Å²) >= 11 is 0. The molecular formula is C22H25NO3. The third-order valence-electron chi connectivity index (χ3n) is 5.64. The first-order chi connectivity index (χ1) is 12.7. The van der Waals surface area contributed by atoms with E-state index in [2.05, 4.69) is 4.90 Å². The number of hydrogen-bond donors (Lipinski definition) is 0. The quantitative estimate of drug-likeness (QED) is 0.792. The average molecular weight is 351 g/mol. The summed E-state index contributed by atoms with van der Waals surface area (Å²) in [7, 11) is 1.47. The summed E-state index contributed by atoms with van der Waals surface area (Å²) in [4.78, 5) is 15.6. The zero-order valence-electron chi connectivity index (χ0n) is 15.2. The van der Waals surface area contributed by atoms with Gasteiger partial charge in [-0.25, -0.2) is 0 Å². The van der Waals surface area contributed by atoms with Crippen molar-refractivity contribution in [2.45, 2.75) is 30.8 Å². The van der Waals surface area contributed by atoms with Crippen molar-refractivity contribution in [1.82, 2.24) is 4.90 Å². The van der Waals surface area contributed by atoms with Crippen LogP contribution in [0.4, 0.5) is 0 Å². The highest BCUT2D eigenvalue weighted by Crippen LogP contribution is 2.46. The second kappa shape index (κ2) is 7.12. The Morgan fingerprint density at radius 2 is 1.81 bits per heavy atom. The van der Waals surface area contributed by atoms with Crippen molar-refractivity contribution < 1.29 is 14.3 Å². The summed E-state index contributed by atoms with van der Waals surface area (Å²) in [5.41, 5.74) is 1.04. The molecular weight excluding hydrogens is 326 g/mol. The van der Waals surface area contributed by atoms with Crippen LogP contribution < -0.4 is 4.74 Å². The van der Waals surface area contributed by atoms with Crippen LogP contribution >= 0.6 is 0 Å². The van der Waals surface area contributed by atoms with E-state index in [0.717, 1.165) is 36.5 Å². The Morgan fingerprint density at radius 3 is 2.54 bits per heavy atom. The summed E-state index contributed by atoms with van der Waals surface area (Å²) in [6, 6.07) is 17.9. The van der Waals surface area contributed by atoms with Gasteiger partial charge in [0.05, 0.1) is 7.11 Å². The van der Waals surface area contributed by atoms with Gasteiger partial charge in [0.2, 0.25) is 0 Å². The van der Waals surface area contributed by atoms with E-state index in [0.29, 0.717) is 6.42 Å². The van der Waals surface area contributed by atoms with Crippen molar-refractivity contribution in [3.8, 4) is 5.75 Å². The van der Waals surface area contributed by atoms with E-state index >= 15 is 0 Å². The van der Waals surface area contributed by atoms with E-state index in [1.165, 1.54) is 20.0 Å². The minimum Gasteiger partial charge on any atom is -0.489 e. The standard InChI is InChI=1S/C22H25NO3/c1-25-21(24)22(17-9-3-2-4-10-17)15-18(16-23-13-7-8-14-23)26-20-12-6-5-11-19(20)22/h2-6,9-12,18H,7-8,13-16H2,1H3/t18-,22-/m1/s1. The average Bonchev–Trinajstić information content (AvgIpc) is 3.20. The molecule has 2 heterocycles. The second-order valence-corrected chi connectivity index (χ2v) is 7.21. The van der Waals surface area contributed by atoms with E-state index < -0.39 is 5.41 Å². The van der Waals surface area contributed by atoms with Gasteiger partial charge < -0.3 is 9.47 Å². The van der Waals surface area contributed by atoms with Crippen LogP contribution in [0.25, 0.3) is 0 Å². The van der Waals surface area contributed by atoms with Crippen LogP contribution in [0.1, 0.15) is 30.4 Å². The molecule has 1 fully saturated rings. The largest absolute Gasteiger partial charge is 0.489 e. The number of carbonyl (C=O) groups is 1. The summed E-state index contributed by atoms with van der Waals surface area (Å²) < 4.78 is 11.6. The fourth-order valence-corrected chi connectivity index (χ4v) is 4.43. The highest BCUT2D eigenvalue weighted by Gasteiger charge is 2.50. The van der Waals surface area contributed by atoms with Crippen LogP contribution in [0.2, 0.25) is 0 Å². The van der Waals surface area contributed by atoms with Gasteiger partial charge in [-0.1, -0.05) is 48.5 Å². The molecule has 0 unspecified atom stereocenters. The molecule has 2 aromatic carbocycles. The molecule has 0 N–H and O–H groups in total. The zero-order valence-corrected chi connectivity index (χ0v) is 15.2. The topological polar surface area (TPSA) is 38.8 Å². The van der Waals surface area contributed by atoms with Gasteiger partial charge in [0, 0.05) is 18.5 Å². The van der Waals surface area contributed by atoms with Gasteiger partial charge in [-0.3, -0.25) is 9.69 Å². The number of carbonyl (C=O) groups excluding carboxylic acids is 1. The molecule has 2 aliphatic heterocycles. The lowest BCUT2D eigenvalue weighted by molar-refractivity contribution is -0.147. The molecule has 136 valence electrons. The number of likely N-dealkylation sites (tertiary alicyclic amines) is 1. The molecule has 0 aromatic heterocycles. The first kappa shape index (κ1) is 17.1. The van der Waals surface area contributed by atoms with Crippen molar-refractivity contribution in [3.05, 3.63) is 65.7 Å². The minimum absolute atomic E-state index is 0.0395. The lowest BCUT2D eigenvalue weighted by Gasteiger charge is -2.41. The Hall–Kier alpha value is -2.33. The van der Waals surface area contributed by atoms with Gasteiger partial charge in [-0.15, -0.1) is 0 Å². The number of fused-ring (bicyclic) bond motifs is 1. The molecule has 26 heavy (non-hydrogen) atoms. The van der Waals surface area contributed by atoms with E-state index in [9.17, 15) is 4.79 Å². The predicted molar refractivity (Wildman–Crippen MR) is 100 cm³/mol. The van der Waals surface area contributed by atoms with Crippen LogP contribution in [0.5, 0.6) is 5.75 Å². The lowest BCUT2D eigenvalue weighted by Crippen LogP contribution is -2.49. The van der Waals surface area contributed by atoms with Crippen LogP contribution in [-0.2, 0) is 14.9 Å². The van der Waals surface area contributed by atoms with Crippen LogP contribution in [0.15, 0.2) is 54.6 Å². The number of nitrogens with zero attached hydrogens (tertiary/aromatic N) is 1. The third kappa shape index (κ3) is 2.88. The monoisotopic (exact) mass is 351 g/mol. The Kier molecular flexibility index (Phi) is 4.68. The molecule has 2 aliphatic rings. The number of methoxy groups -OCH3 is 1. The lowest BCUT2D eigenvalue weighted by atomic mass is 9.69. The molecule has 2 aromatic rings. The molecule has 4 heteroatoms. The molecule has 1 saturated heterocycles. The van der Waals surface area contributed by atoms with Crippen molar-refractivity contribution in [3.63, 3.8) is 0 Å². The van der Waals surface area contributed by atoms with Crippen molar-refractivity contribution in [1.29, 1.82) is 0 Å². The SMILES string of the molecule is COC(=O)[C@@]1(c2ccccc2)C[C@H](CN2CCCC2)Oc2ccccc21. The van der Waals surface area contributed by atoms with E-state index in [1.54, 1.807) is 0 Å². The van der Waals surface area contributed by atoms with E-state index in [4.69, 9.17) is 9.47 Å². The maximum Gasteiger partial charge on any atom is 0.321 e. The smallest absolute Gasteiger partial charge is 0.321 e. The molecule has 4 rings (SSSR count). The van der Waals surface area contributed by atoms with Crippen molar-refractivity contribution in [2.75, 3.05) is 26.7 Å². The fraction of sp³-hybridized carbons (Fsp3) is 0.409. The van der Waals surface area contributed by atoms with Crippen molar-refractivity contribution in [2.24, 2.45) is 0 Å². The molecule has 0 bridgehead atoms. The fourth-order valence-electron chi connectivity index (χ4n) is 4.43. The Bertz CT molecular complexity index is 770. The van der Waals surface area contributed by atoms with Gasteiger partial charge in [0.25, 0.3) is 0 Å². The minimum atomic E-state index is -0.824. The number of ether oxygens (including phenoxy) is 2. The van der Waals surface area contributed by atoms with Crippen LogP contribution in [0.3, 0.4) is 0 Å². The zero-order chi connectivity index (χ0) is 18.0. The number of para-hydroxylation sites is 1. The van der Waals surface area contributed by atoms with Gasteiger partial charge in [0.15, 0.2) is 0 Å². The Morgan fingerprint density at radius 1 is 1.12 bits per heavy atom. The molecule has 0 aliphatic carbocycles. The number of rotatable bonds is 4. The van der Waals surface area contributed by atoms with Crippen molar-refractivity contribution >= 4 is 5.97 Å². The predicted octanol–water partition coefficient (Wildman–Crippen LogP) is 3.39. The molecule has 0 spiro atoms. The number of benzene rings is 2. The molecule has 0 saturated carbocycles. The highest BCUT2D eigenvalue weighted by atomic mass is 16.5. The summed E-state index contributed by atoms with van der Waals surface area (Å²) in [6.45, 7) is 3.07. The normalized spacial score (nSPS) is 25.3. The number of esters is 1. The highest BCUT2D eigenvalue weighted by molar-refractivity contribution is 5.89. The van der Waals surface area contributed by atoms with Gasteiger partial charge in [0.1, 0.15) is 17.3 Å². The summed E-state index contributed by atoms with van der Waals surface area (Å²) in [6.07, 6.45) is 3.04. The third-order valence-corrected chi connectivity index (χ3v) is 5.64. The Labute approximate surface area is 154 Å². The van der Waals surface area contributed by atoms with E-state index in [-0.39, 0.29) is 12.1 Å². The van der Waals surface area contributed by atoms with Crippen LogP contribution in [-0.4, -0.2) is 43.7 Å². The van der Waals surface area contributed by atoms with E-state index in [1.807, 2.05) is 54.6 Å². The van der Waals surface area contributed by atoms with Gasteiger partial charge in [-0.2, -0.15) is 0 Å². The Balaban J connectivity index is 1.80.